The predicted molar refractivity (Wildman–Crippen MR) is 122 cm³/mol. The van der Waals surface area contributed by atoms with E-state index in [1.807, 2.05) is 0 Å². The van der Waals surface area contributed by atoms with Crippen molar-refractivity contribution < 1.29 is 17.5 Å². The summed E-state index contributed by atoms with van der Waals surface area (Å²) in [7, 11) is -3.40. The third-order valence-electron chi connectivity index (χ3n) is 6.59. The fourth-order valence-electron chi connectivity index (χ4n) is 4.65. The van der Waals surface area contributed by atoms with Crippen LogP contribution in [-0.2, 0) is 14.6 Å². The van der Waals surface area contributed by atoms with E-state index in [-0.39, 0.29) is 16.9 Å². The molecule has 0 radical (unpaired) electrons. The highest BCUT2D eigenvalue weighted by Crippen LogP contribution is 2.36. The van der Waals surface area contributed by atoms with Gasteiger partial charge in [0.05, 0.1) is 28.4 Å². The van der Waals surface area contributed by atoms with E-state index in [1.54, 1.807) is 18.5 Å². The lowest BCUT2D eigenvalue weighted by Gasteiger charge is -2.34. The Morgan fingerprint density at radius 1 is 1.09 bits per heavy atom. The van der Waals surface area contributed by atoms with Gasteiger partial charge in [-0.05, 0) is 68.1 Å². The molecule has 2 heterocycles. The molecule has 0 unspecified atom stereocenters. The van der Waals surface area contributed by atoms with Crippen LogP contribution in [0.1, 0.15) is 50.0 Å². The van der Waals surface area contributed by atoms with Crippen LogP contribution in [-0.4, -0.2) is 50.4 Å². The van der Waals surface area contributed by atoms with Crippen LogP contribution in [0.3, 0.4) is 0 Å². The number of aromatic nitrogens is 2. The molecule has 0 atom stereocenters. The molecule has 4 rings (SSSR count). The van der Waals surface area contributed by atoms with Gasteiger partial charge < -0.3 is 9.64 Å². The van der Waals surface area contributed by atoms with Gasteiger partial charge in [0.25, 0.3) is 0 Å². The molecule has 2 aliphatic rings. The highest BCUT2D eigenvalue weighted by atomic mass is 35.5. The van der Waals surface area contributed by atoms with Gasteiger partial charge in [-0.25, -0.2) is 22.8 Å². The van der Waals surface area contributed by atoms with E-state index < -0.39 is 15.7 Å². The number of ether oxygens (including phenoxy) is 1. The SMILES string of the molecule is CS(=O)(=O)c1ccc([C@H]2CC[C@H](OCC3CCN(c4ncc(Cl)cn4)CC3)CC2)c(F)c1. The molecule has 2 fully saturated rings. The topological polar surface area (TPSA) is 72.4 Å². The molecule has 1 saturated carbocycles. The number of nitrogens with zero attached hydrogens (tertiary/aromatic N) is 3. The van der Waals surface area contributed by atoms with Crippen molar-refractivity contribution in [2.45, 2.75) is 55.4 Å². The number of halogens is 2. The van der Waals surface area contributed by atoms with Crippen LogP contribution in [0, 0.1) is 11.7 Å². The number of benzene rings is 1. The van der Waals surface area contributed by atoms with E-state index in [9.17, 15) is 12.8 Å². The first-order valence-corrected chi connectivity index (χ1v) is 13.4. The van der Waals surface area contributed by atoms with Gasteiger partial charge >= 0.3 is 0 Å². The van der Waals surface area contributed by atoms with Crippen molar-refractivity contribution in [1.29, 1.82) is 0 Å². The molecule has 0 N–H and O–H groups in total. The fourth-order valence-corrected chi connectivity index (χ4v) is 5.38. The molecule has 32 heavy (non-hydrogen) atoms. The fraction of sp³-hybridized carbons (Fsp3) is 0.565. The van der Waals surface area contributed by atoms with Crippen LogP contribution in [0.4, 0.5) is 10.3 Å². The van der Waals surface area contributed by atoms with Crippen molar-refractivity contribution in [3.63, 3.8) is 0 Å². The molecule has 6 nitrogen and oxygen atoms in total. The molecule has 1 aromatic heterocycles. The number of rotatable bonds is 6. The van der Waals surface area contributed by atoms with Crippen LogP contribution in [0.5, 0.6) is 0 Å². The van der Waals surface area contributed by atoms with Gasteiger partial charge in [-0.15, -0.1) is 0 Å². The van der Waals surface area contributed by atoms with Crippen LogP contribution in [0.15, 0.2) is 35.5 Å². The van der Waals surface area contributed by atoms with E-state index in [0.29, 0.717) is 16.5 Å². The molecule has 1 aromatic carbocycles. The zero-order chi connectivity index (χ0) is 22.7. The smallest absolute Gasteiger partial charge is 0.225 e. The van der Waals surface area contributed by atoms with E-state index in [4.69, 9.17) is 16.3 Å². The molecule has 174 valence electrons. The maximum atomic E-state index is 14.5. The summed E-state index contributed by atoms with van der Waals surface area (Å²) in [5.41, 5.74) is 0.618. The molecule has 1 aliphatic carbocycles. The molecule has 1 saturated heterocycles. The van der Waals surface area contributed by atoms with Gasteiger partial charge in [0.1, 0.15) is 5.82 Å². The van der Waals surface area contributed by atoms with Gasteiger partial charge in [0.2, 0.25) is 5.95 Å². The predicted octanol–water partition coefficient (Wildman–Crippen LogP) is 4.63. The van der Waals surface area contributed by atoms with Crippen molar-refractivity contribution in [1.82, 2.24) is 9.97 Å². The van der Waals surface area contributed by atoms with Crippen LogP contribution >= 0.6 is 11.6 Å². The van der Waals surface area contributed by atoms with E-state index in [1.165, 1.54) is 6.07 Å². The molecular formula is C23H29ClFN3O3S. The first-order valence-electron chi connectivity index (χ1n) is 11.1. The van der Waals surface area contributed by atoms with Gasteiger partial charge in [-0.3, -0.25) is 0 Å². The van der Waals surface area contributed by atoms with Gasteiger partial charge in [0, 0.05) is 26.0 Å². The number of sulfone groups is 1. The zero-order valence-electron chi connectivity index (χ0n) is 18.2. The Balaban J connectivity index is 1.21. The quantitative estimate of drug-likeness (QED) is 0.598. The van der Waals surface area contributed by atoms with E-state index in [0.717, 1.165) is 76.5 Å². The Bertz CT molecular complexity index is 1020. The first-order chi connectivity index (χ1) is 15.3. The Hall–Kier alpha value is -1.77. The molecule has 0 spiro atoms. The van der Waals surface area contributed by atoms with Crippen LogP contribution in [0.25, 0.3) is 0 Å². The lowest BCUT2D eigenvalue weighted by Crippen LogP contribution is -2.36. The van der Waals surface area contributed by atoms with E-state index in [2.05, 4.69) is 14.9 Å². The lowest BCUT2D eigenvalue weighted by atomic mass is 9.82. The molecule has 0 amide bonds. The maximum Gasteiger partial charge on any atom is 0.225 e. The molecule has 0 bridgehead atoms. The second kappa shape index (κ2) is 10.0. The first kappa shape index (κ1) is 23.4. The minimum Gasteiger partial charge on any atom is -0.378 e. The van der Waals surface area contributed by atoms with Gasteiger partial charge in [-0.1, -0.05) is 17.7 Å². The van der Waals surface area contributed by atoms with Crippen molar-refractivity contribution in [3.05, 3.63) is 47.0 Å². The third kappa shape index (κ3) is 5.77. The summed E-state index contributed by atoms with van der Waals surface area (Å²) >= 11 is 5.86. The van der Waals surface area contributed by atoms with Crippen molar-refractivity contribution >= 4 is 27.4 Å². The summed E-state index contributed by atoms with van der Waals surface area (Å²) in [5, 5.41) is 0.542. The number of hydrogen-bond acceptors (Lipinski definition) is 6. The second-order valence-corrected chi connectivity index (χ2v) is 11.3. The van der Waals surface area contributed by atoms with Crippen molar-refractivity contribution in [2.24, 2.45) is 5.92 Å². The summed E-state index contributed by atoms with van der Waals surface area (Å²) < 4.78 is 44.0. The molecule has 1 aliphatic heterocycles. The average Bonchev–Trinajstić information content (AvgIpc) is 2.78. The normalized spacial score (nSPS) is 22.8. The summed E-state index contributed by atoms with van der Waals surface area (Å²) in [6.07, 6.45) is 10.1. The highest BCUT2D eigenvalue weighted by Gasteiger charge is 2.27. The van der Waals surface area contributed by atoms with Gasteiger partial charge in [-0.2, -0.15) is 0 Å². The van der Waals surface area contributed by atoms with Crippen molar-refractivity contribution in [2.75, 3.05) is 30.9 Å². The minimum absolute atomic E-state index is 0.0319. The second-order valence-electron chi connectivity index (χ2n) is 8.89. The summed E-state index contributed by atoms with van der Waals surface area (Å²) in [4.78, 5) is 10.8. The number of anilines is 1. The highest BCUT2D eigenvalue weighted by molar-refractivity contribution is 7.90. The monoisotopic (exact) mass is 481 g/mol. The maximum absolute atomic E-state index is 14.5. The molecule has 9 heteroatoms. The summed E-state index contributed by atoms with van der Waals surface area (Å²) in [6.45, 7) is 2.57. The Morgan fingerprint density at radius 2 is 1.75 bits per heavy atom. The number of hydrogen-bond donors (Lipinski definition) is 0. The average molecular weight is 482 g/mol. The zero-order valence-corrected chi connectivity index (χ0v) is 19.8. The summed E-state index contributed by atoms with van der Waals surface area (Å²) in [5.74, 6) is 0.945. The largest absolute Gasteiger partial charge is 0.378 e. The van der Waals surface area contributed by atoms with Crippen molar-refractivity contribution in [3.8, 4) is 0 Å². The third-order valence-corrected chi connectivity index (χ3v) is 7.89. The summed E-state index contributed by atoms with van der Waals surface area (Å²) in [6, 6.07) is 4.29. The Labute approximate surface area is 194 Å². The molecular weight excluding hydrogens is 453 g/mol. The van der Waals surface area contributed by atoms with Crippen LogP contribution < -0.4 is 4.90 Å². The Morgan fingerprint density at radius 3 is 2.34 bits per heavy atom. The minimum atomic E-state index is -3.40. The van der Waals surface area contributed by atoms with Crippen LogP contribution in [0.2, 0.25) is 5.02 Å². The molecule has 2 aromatic rings. The van der Waals surface area contributed by atoms with E-state index >= 15 is 0 Å². The standard InChI is InChI=1S/C23H29ClFN3O3S/c1-32(29,30)20-6-7-21(22(25)12-20)17-2-4-19(5-3-17)31-15-16-8-10-28(11-9-16)23-26-13-18(24)14-27-23/h6-7,12-14,16-17,19H,2-5,8-11,15H2,1H3/t17-,19-. The lowest BCUT2D eigenvalue weighted by molar-refractivity contribution is 0.000397. The Kier molecular flexibility index (Phi) is 7.32. The number of piperidine rings is 1. The van der Waals surface area contributed by atoms with Gasteiger partial charge in [0.15, 0.2) is 9.84 Å².